The van der Waals surface area contributed by atoms with E-state index < -0.39 is 5.60 Å². The molecular weight excluding hydrogens is 489 g/mol. The van der Waals surface area contributed by atoms with E-state index >= 15 is 0 Å². The molecular formula is C28H32FN5O4. The van der Waals surface area contributed by atoms with Gasteiger partial charge in [-0.25, -0.2) is 9.67 Å². The van der Waals surface area contributed by atoms with Crippen LogP contribution < -0.4 is 14.4 Å². The zero-order chi connectivity index (χ0) is 26.7. The van der Waals surface area contributed by atoms with E-state index in [1.54, 1.807) is 46.5 Å². The van der Waals surface area contributed by atoms with Gasteiger partial charge in [0.2, 0.25) is 0 Å². The molecule has 0 aliphatic carbocycles. The van der Waals surface area contributed by atoms with E-state index in [9.17, 15) is 4.53 Å². The highest BCUT2D eigenvalue weighted by atomic mass is 19.3. The Morgan fingerprint density at radius 2 is 1.82 bits per heavy atom. The summed E-state index contributed by atoms with van der Waals surface area (Å²) in [6.07, 6.45) is 8.58. The average Bonchev–Trinajstić information content (AvgIpc) is 3.46. The van der Waals surface area contributed by atoms with Crippen LogP contribution in [0.15, 0.2) is 55.0 Å². The van der Waals surface area contributed by atoms with Crippen LogP contribution in [0.4, 0.5) is 15.9 Å². The predicted octanol–water partition coefficient (Wildman–Crippen LogP) is 6.03. The minimum atomic E-state index is -1.09. The summed E-state index contributed by atoms with van der Waals surface area (Å²) in [5.41, 5.74) is 3.46. The number of fused-ring (bicyclic) bond motifs is 1. The van der Waals surface area contributed by atoms with Gasteiger partial charge in [0.1, 0.15) is 23.3 Å². The summed E-state index contributed by atoms with van der Waals surface area (Å²) in [6, 6.07) is 11.3. The van der Waals surface area contributed by atoms with Crippen molar-refractivity contribution in [1.82, 2.24) is 19.7 Å². The van der Waals surface area contributed by atoms with Gasteiger partial charge in [0.25, 0.3) is 0 Å². The van der Waals surface area contributed by atoms with Gasteiger partial charge in [-0.2, -0.15) is 10.0 Å². The molecule has 1 fully saturated rings. The predicted molar refractivity (Wildman–Crippen MR) is 142 cm³/mol. The van der Waals surface area contributed by atoms with Crippen molar-refractivity contribution in [2.75, 3.05) is 32.3 Å². The maximum Gasteiger partial charge on any atom is 0.150 e. The minimum Gasteiger partial charge on any atom is -0.497 e. The molecule has 5 rings (SSSR count). The van der Waals surface area contributed by atoms with E-state index in [0.29, 0.717) is 22.7 Å². The lowest BCUT2D eigenvalue weighted by atomic mass is 10.1. The smallest absolute Gasteiger partial charge is 0.150 e. The lowest BCUT2D eigenvalue weighted by Gasteiger charge is -2.32. The first-order valence-electron chi connectivity index (χ1n) is 12.6. The van der Waals surface area contributed by atoms with E-state index in [4.69, 9.17) is 19.2 Å². The molecule has 2 aromatic heterocycles. The zero-order valence-corrected chi connectivity index (χ0v) is 22.1. The molecule has 1 atom stereocenters. The third-order valence-electron chi connectivity index (χ3n) is 6.58. The molecule has 2 aromatic carbocycles. The van der Waals surface area contributed by atoms with Crippen LogP contribution in [0.1, 0.15) is 39.3 Å². The molecule has 9 nitrogen and oxygen atoms in total. The molecule has 3 heterocycles. The fourth-order valence-electron chi connectivity index (χ4n) is 4.55. The second-order valence-electron chi connectivity index (χ2n) is 9.95. The highest BCUT2D eigenvalue weighted by Gasteiger charge is 2.26. The number of anilines is 2. The first-order chi connectivity index (χ1) is 18.4. The van der Waals surface area contributed by atoms with Crippen molar-refractivity contribution in [3.05, 3.63) is 55.0 Å². The van der Waals surface area contributed by atoms with Crippen LogP contribution in [-0.2, 0) is 9.68 Å². The molecule has 1 aliphatic heterocycles. The van der Waals surface area contributed by atoms with Crippen molar-refractivity contribution in [2.24, 2.45) is 0 Å². The Hall–Kier alpha value is -3.76. The van der Waals surface area contributed by atoms with E-state index in [1.807, 2.05) is 46.1 Å². The molecule has 1 unspecified atom stereocenters. The number of ether oxygens (including phenoxy) is 3. The molecule has 38 heavy (non-hydrogen) atoms. The Morgan fingerprint density at radius 1 is 1.03 bits per heavy atom. The van der Waals surface area contributed by atoms with Crippen LogP contribution in [0.25, 0.3) is 22.3 Å². The van der Waals surface area contributed by atoms with Gasteiger partial charge in [-0.3, -0.25) is 4.98 Å². The van der Waals surface area contributed by atoms with Crippen LogP contribution in [0.5, 0.6) is 11.5 Å². The van der Waals surface area contributed by atoms with Gasteiger partial charge in [0, 0.05) is 47.9 Å². The Morgan fingerprint density at radius 3 is 2.50 bits per heavy atom. The fraction of sp³-hybridized carbons (Fsp3) is 0.393. The zero-order valence-electron chi connectivity index (χ0n) is 22.1. The van der Waals surface area contributed by atoms with Crippen LogP contribution in [0.3, 0.4) is 0 Å². The average molecular weight is 522 g/mol. The quantitative estimate of drug-likeness (QED) is 0.264. The van der Waals surface area contributed by atoms with Gasteiger partial charge >= 0.3 is 0 Å². The summed E-state index contributed by atoms with van der Waals surface area (Å²) in [7, 11) is 3.18. The fourth-order valence-corrected chi connectivity index (χ4v) is 4.55. The lowest BCUT2D eigenvalue weighted by Crippen LogP contribution is -2.37. The van der Waals surface area contributed by atoms with Crippen LogP contribution in [0, 0.1) is 0 Å². The number of hydrogen-bond acceptors (Lipinski definition) is 8. The van der Waals surface area contributed by atoms with Crippen molar-refractivity contribution in [3.8, 4) is 22.8 Å². The standard InChI is InChI=1S/C28H32FN5O4/c1-28(2,38-29)18-33(21-11-22(35-3)14-23(12-21)36-4)20-8-9-24-25(13-20)32-26(16-30-24)19-15-31-34(17-19)27-7-5-6-10-37-27/h8-9,11-17,27H,5-7,10,18H2,1-4H3. The molecule has 200 valence electrons. The number of methoxy groups -OCH3 is 2. The molecule has 0 radical (unpaired) electrons. The number of aromatic nitrogens is 4. The molecule has 1 aliphatic rings. The van der Waals surface area contributed by atoms with E-state index in [0.717, 1.165) is 48.3 Å². The highest BCUT2D eigenvalue weighted by Crippen LogP contribution is 2.36. The number of nitrogens with zero attached hydrogens (tertiary/aromatic N) is 5. The third kappa shape index (κ3) is 5.56. The minimum absolute atomic E-state index is 0.0491. The molecule has 0 spiro atoms. The van der Waals surface area contributed by atoms with Gasteiger partial charge in [-0.05, 0) is 55.8 Å². The van der Waals surface area contributed by atoms with Crippen LogP contribution in [-0.4, -0.2) is 52.7 Å². The summed E-state index contributed by atoms with van der Waals surface area (Å²) < 4.78 is 32.1. The van der Waals surface area contributed by atoms with Crippen molar-refractivity contribution in [3.63, 3.8) is 0 Å². The Balaban J connectivity index is 1.53. The summed E-state index contributed by atoms with van der Waals surface area (Å²) in [4.78, 5) is 15.7. The largest absolute Gasteiger partial charge is 0.497 e. The van der Waals surface area contributed by atoms with Gasteiger partial charge in [0.15, 0.2) is 0 Å². The molecule has 1 saturated heterocycles. The molecule has 0 saturated carbocycles. The second-order valence-corrected chi connectivity index (χ2v) is 9.95. The molecule has 10 heteroatoms. The number of benzene rings is 2. The topological polar surface area (TPSA) is 83.8 Å². The van der Waals surface area contributed by atoms with Crippen molar-refractivity contribution >= 4 is 22.4 Å². The van der Waals surface area contributed by atoms with Crippen molar-refractivity contribution in [2.45, 2.75) is 44.9 Å². The van der Waals surface area contributed by atoms with Crippen LogP contribution >= 0.6 is 0 Å². The van der Waals surface area contributed by atoms with E-state index in [2.05, 4.69) is 15.0 Å². The molecule has 0 amide bonds. The van der Waals surface area contributed by atoms with Crippen LogP contribution in [0.2, 0.25) is 0 Å². The van der Waals surface area contributed by atoms with Crippen molar-refractivity contribution in [1.29, 1.82) is 0 Å². The SMILES string of the molecule is COc1cc(OC)cc(N(CC(C)(C)OF)c2ccc3ncc(-c4cnn(C5CCCCO5)c4)nc3c2)c1. The normalized spacial score (nSPS) is 16.0. The summed E-state index contributed by atoms with van der Waals surface area (Å²) in [5.74, 6) is 1.23. The Labute approximate surface area is 221 Å². The molecule has 0 N–H and O–H groups in total. The first kappa shape index (κ1) is 25.9. The van der Waals surface area contributed by atoms with Gasteiger partial charge in [0.05, 0.1) is 49.9 Å². The monoisotopic (exact) mass is 521 g/mol. The number of hydrogen-bond donors (Lipinski definition) is 0. The van der Waals surface area contributed by atoms with Gasteiger partial charge in [-0.15, -0.1) is 0 Å². The second kappa shape index (κ2) is 10.9. The van der Waals surface area contributed by atoms with Gasteiger partial charge in [-0.1, -0.05) is 0 Å². The summed E-state index contributed by atoms with van der Waals surface area (Å²) in [6.45, 7) is 4.33. The summed E-state index contributed by atoms with van der Waals surface area (Å²) >= 11 is 0. The van der Waals surface area contributed by atoms with Crippen molar-refractivity contribution < 1.29 is 23.7 Å². The Kier molecular flexibility index (Phi) is 7.44. The van der Waals surface area contributed by atoms with E-state index in [1.165, 1.54) is 0 Å². The number of rotatable bonds is 9. The maximum atomic E-state index is 13.5. The van der Waals surface area contributed by atoms with E-state index in [-0.39, 0.29) is 12.8 Å². The lowest BCUT2D eigenvalue weighted by molar-refractivity contribution is -0.217. The first-order valence-corrected chi connectivity index (χ1v) is 12.6. The third-order valence-corrected chi connectivity index (χ3v) is 6.58. The molecule has 4 aromatic rings. The number of halogens is 1. The molecule has 0 bridgehead atoms. The highest BCUT2D eigenvalue weighted by molar-refractivity contribution is 5.82. The maximum absolute atomic E-state index is 13.5. The Bertz CT molecular complexity index is 1380. The summed E-state index contributed by atoms with van der Waals surface area (Å²) in [5, 5.41) is 4.51. The van der Waals surface area contributed by atoms with Gasteiger partial charge < -0.3 is 19.1 Å².